The molecular weight excluding hydrogens is 226 g/mol. The molecule has 0 spiro atoms. The SMILES string of the molecule is CC1(C)Cc2cc(C(N)c3ccoc3)ccc2O1. The van der Waals surface area contributed by atoms with Crippen molar-refractivity contribution in [3.8, 4) is 5.75 Å². The van der Waals surface area contributed by atoms with Crippen molar-refractivity contribution in [2.75, 3.05) is 0 Å². The molecule has 94 valence electrons. The van der Waals surface area contributed by atoms with Crippen molar-refractivity contribution in [3.05, 3.63) is 53.5 Å². The molecule has 1 aliphatic heterocycles. The van der Waals surface area contributed by atoms with Crippen LogP contribution in [0.2, 0.25) is 0 Å². The summed E-state index contributed by atoms with van der Waals surface area (Å²) in [6, 6.07) is 7.94. The highest BCUT2D eigenvalue weighted by Gasteiger charge is 2.30. The average molecular weight is 243 g/mol. The number of ether oxygens (including phenoxy) is 1. The first kappa shape index (κ1) is 11.4. The van der Waals surface area contributed by atoms with Gasteiger partial charge in [-0.1, -0.05) is 12.1 Å². The van der Waals surface area contributed by atoms with Gasteiger partial charge in [0.1, 0.15) is 11.4 Å². The van der Waals surface area contributed by atoms with Gasteiger partial charge in [0.15, 0.2) is 0 Å². The van der Waals surface area contributed by atoms with Crippen LogP contribution in [0.5, 0.6) is 5.75 Å². The Morgan fingerprint density at radius 1 is 1.22 bits per heavy atom. The second-order valence-electron chi connectivity index (χ2n) is 5.44. The third-order valence-electron chi connectivity index (χ3n) is 3.35. The van der Waals surface area contributed by atoms with Crippen molar-refractivity contribution < 1.29 is 9.15 Å². The predicted octanol–water partition coefficient (Wildman–Crippen LogP) is 3.04. The Kier molecular flexibility index (Phi) is 2.45. The molecule has 0 fully saturated rings. The second-order valence-corrected chi connectivity index (χ2v) is 5.44. The third-order valence-corrected chi connectivity index (χ3v) is 3.35. The van der Waals surface area contributed by atoms with E-state index < -0.39 is 0 Å². The van der Waals surface area contributed by atoms with Gasteiger partial charge in [-0.25, -0.2) is 0 Å². The van der Waals surface area contributed by atoms with E-state index in [4.69, 9.17) is 14.9 Å². The van der Waals surface area contributed by atoms with Gasteiger partial charge in [0.2, 0.25) is 0 Å². The standard InChI is InChI=1S/C15H17NO2/c1-15(2)8-12-7-10(3-4-13(12)18-15)14(16)11-5-6-17-9-11/h3-7,9,14H,8,16H2,1-2H3. The molecule has 2 heterocycles. The van der Waals surface area contributed by atoms with E-state index in [1.54, 1.807) is 12.5 Å². The third kappa shape index (κ3) is 1.91. The number of furan rings is 1. The summed E-state index contributed by atoms with van der Waals surface area (Å²) < 4.78 is 10.9. The lowest BCUT2D eigenvalue weighted by molar-refractivity contribution is 0.138. The number of rotatable bonds is 2. The van der Waals surface area contributed by atoms with Crippen LogP contribution >= 0.6 is 0 Å². The fourth-order valence-electron chi connectivity index (χ4n) is 2.47. The highest BCUT2D eigenvalue weighted by Crippen LogP contribution is 2.36. The Labute approximate surface area is 107 Å². The van der Waals surface area contributed by atoms with Gasteiger partial charge in [-0.2, -0.15) is 0 Å². The first-order valence-electron chi connectivity index (χ1n) is 6.15. The molecule has 1 aromatic heterocycles. The minimum Gasteiger partial charge on any atom is -0.487 e. The van der Waals surface area contributed by atoms with Gasteiger partial charge >= 0.3 is 0 Å². The van der Waals surface area contributed by atoms with Crippen molar-refractivity contribution in [2.24, 2.45) is 5.73 Å². The molecule has 3 rings (SSSR count). The summed E-state index contributed by atoms with van der Waals surface area (Å²) in [7, 11) is 0. The van der Waals surface area contributed by atoms with Crippen molar-refractivity contribution in [2.45, 2.75) is 31.9 Å². The normalized spacial score (nSPS) is 18.2. The van der Waals surface area contributed by atoms with E-state index >= 15 is 0 Å². The van der Waals surface area contributed by atoms with E-state index in [1.165, 1.54) is 5.56 Å². The molecule has 0 radical (unpaired) electrons. The molecule has 3 nitrogen and oxygen atoms in total. The lowest BCUT2D eigenvalue weighted by Crippen LogP contribution is -2.24. The molecule has 0 amide bonds. The minimum absolute atomic E-state index is 0.110. The number of benzene rings is 1. The number of nitrogens with two attached hydrogens (primary N) is 1. The molecule has 3 heteroatoms. The number of fused-ring (bicyclic) bond motifs is 1. The molecule has 1 unspecified atom stereocenters. The predicted molar refractivity (Wildman–Crippen MR) is 69.6 cm³/mol. The van der Waals surface area contributed by atoms with Crippen molar-refractivity contribution in [1.82, 2.24) is 0 Å². The van der Waals surface area contributed by atoms with Crippen LogP contribution in [0.1, 0.15) is 36.6 Å². The van der Waals surface area contributed by atoms with E-state index in [1.807, 2.05) is 18.2 Å². The largest absolute Gasteiger partial charge is 0.487 e. The Hall–Kier alpha value is -1.74. The van der Waals surface area contributed by atoms with E-state index in [0.717, 1.165) is 23.3 Å². The van der Waals surface area contributed by atoms with E-state index in [2.05, 4.69) is 19.9 Å². The van der Waals surface area contributed by atoms with Crippen molar-refractivity contribution >= 4 is 0 Å². The van der Waals surface area contributed by atoms with E-state index in [9.17, 15) is 0 Å². The van der Waals surface area contributed by atoms with Crippen LogP contribution in [0.3, 0.4) is 0 Å². The topological polar surface area (TPSA) is 48.4 Å². The van der Waals surface area contributed by atoms with Gasteiger partial charge in [-0.15, -0.1) is 0 Å². The Morgan fingerprint density at radius 3 is 2.78 bits per heavy atom. The maximum atomic E-state index is 6.22. The molecule has 0 bridgehead atoms. The van der Waals surface area contributed by atoms with Crippen LogP contribution in [0, 0.1) is 0 Å². The number of hydrogen-bond donors (Lipinski definition) is 1. The van der Waals surface area contributed by atoms with Gasteiger partial charge in [0.05, 0.1) is 18.6 Å². The lowest BCUT2D eigenvalue weighted by atomic mass is 9.96. The summed E-state index contributed by atoms with van der Waals surface area (Å²) in [6.45, 7) is 4.20. The fourth-order valence-corrected chi connectivity index (χ4v) is 2.47. The monoisotopic (exact) mass is 243 g/mol. The Bertz CT molecular complexity index is 558. The van der Waals surface area contributed by atoms with Crippen LogP contribution in [0.15, 0.2) is 41.2 Å². The van der Waals surface area contributed by atoms with Crippen molar-refractivity contribution in [3.63, 3.8) is 0 Å². The van der Waals surface area contributed by atoms with Crippen LogP contribution in [-0.4, -0.2) is 5.60 Å². The molecule has 1 aromatic carbocycles. The molecule has 2 N–H and O–H groups in total. The highest BCUT2D eigenvalue weighted by molar-refractivity contribution is 5.44. The van der Waals surface area contributed by atoms with Crippen LogP contribution < -0.4 is 10.5 Å². The molecule has 2 aromatic rings. The Balaban J connectivity index is 1.93. The summed E-state index contributed by atoms with van der Waals surface area (Å²) in [6.07, 6.45) is 4.27. The highest BCUT2D eigenvalue weighted by atomic mass is 16.5. The zero-order valence-corrected chi connectivity index (χ0v) is 10.6. The molecule has 0 saturated carbocycles. The average Bonchev–Trinajstić information content (AvgIpc) is 2.91. The van der Waals surface area contributed by atoms with Gasteiger partial charge in [-0.3, -0.25) is 0 Å². The maximum Gasteiger partial charge on any atom is 0.123 e. The summed E-state index contributed by atoms with van der Waals surface area (Å²) in [4.78, 5) is 0. The summed E-state index contributed by atoms with van der Waals surface area (Å²) in [5.74, 6) is 0.975. The molecular formula is C15H17NO2. The summed E-state index contributed by atoms with van der Waals surface area (Å²) in [5, 5.41) is 0. The molecule has 18 heavy (non-hydrogen) atoms. The summed E-state index contributed by atoms with van der Waals surface area (Å²) >= 11 is 0. The first-order valence-corrected chi connectivity index (χ1v) is 6.15. The van der Waals surface area contributed by atoms with E-state index in [0.29, 0.717) is 0 Å². The fraction of sp³-hybridized carbons (Fsp3) is 0.333. The first-order chi connectivity index (χ1) is 8.55. The molecule has 0 aliphatic carbocycles. The number of hydrogen-bond acceptors (Lipinski definition) is 3. The zero-order chi connectivity index (χ0) is 12.8. The molecule has 1 aliphatic rings. The Morgan fingerprint density at radius 2 is 2.06 bits per heavy atom. The van der Waals surface area contributed by atoms with Crippen molar-refractivity contribution in [1.29, 1.82) is 0 Å². The molecule has 0 saturated heterocycles. The van der Waals surface area contributed by atoms with Crippen LogP contribution in [0.4, 0.5) is 0 Å². The van der Waals surface area contributed by atoms with Gasteiger partial charge in [-0.05, 0) is 37.1 Å². The maximum absolute atomic E-state index is 6.22. The van der Waals surface area contributed by atoms with Gasteiger partial charge in [0, 0.05) is 12.0 Å². The second kappa shape index (κ2) is 3.89. The smallest absolute Gasteiger partial charge is 0.123 e. The summed E-state index contributed by atoms with van der Waals surface area (Å²) in [5.41, 5.74) is 9.43. The zero-order valence-electron chi connectivity index (χ0n) is 10.6. The lowest BCUT2D eigenvalue weighted by Gasteiger charge is -2.16. The van der Waals surface area contributed by atoms with Gasteiger partial charge in [0.25, 0.3) is 0 Å². The van der Waals surface area contributed by atoms with Gasteiger partial charge < -0.3 is 14.9 Å². The molecule has 1 atom stereocenters. The van der Waals surface area contributed by atoms with E-state index in [-0.39, 0.29) is 11.6 Å². The minimum atomic E-state index is -0.141. The quantitative estimate of drug-likeness (QED) is 0.882. The van der Waals surface area contributed by atoms with Crippen LogP contribution in [0.25, 0.3) is 0 Å². The van der Waals surface area contributed by atoms with Crippen LogP contribution in [-0.2, 0) is 6.42 Å².